The van der Waals surface area contributed by atoms with Crippen molar-refractivity contribution in [1.82, 2.24) is 9.24 Å². The van der Waals surface area contributed by atoms with Gasteiger partial charge in [0.1, 0.15) is 11.7 Å². The van der Waals surface area contributed by atoms with Crippen molar-refractivity contribution in [3.63, 3.8) is 0 Å². The molecule has 114 valence electrons. The third kappa shape index (κ3) is 2.55. The number of rotatable bonds is 4. The van der Waals surface area contributed by atoms with Gasteiger partial charge in [0.25, 0.3) is 0 Å². The highest BCUT2D eigenvalue weighted by atomic mass is 16.6. The van der Waals surface area contributed by atoms with Gasteiger partial charge in [0.2, 0.25) is 0 Å². The Bertz CT molecular complexity index is 686. The van der Waals surface area contributed by atoms with Crippen LogP contribution in [0.15, 0.2) is 27.1 Å². The molecule has 1 aromatic heterocycles. The van der Waals surface area contributed by atoms with E-state index < -0.39 is 42.4 Å². The van der Waals surface area contributed by atoms with E-state index in [9.17, 15) is 24.9 Å². The molecule has 1 fully saturated rings. The Morgan fingerprint density at radius 3 is 2.67 bits per heavy atom. The summed E-state index contributed by atoms with van der Waals surface area (Å²) in [6.07, 6.45) is -1.44. The van der Waals surface area contributed by atoms with E-state index in [0.717, 1.165) is 16.8 Å². The molecule has 2 heterocycles. The number of nitrogens with zero attached hydrogens (tertiary/aromatic N) is 5. The number of ether oxygens (including phenoxy) is 1. The first-order valence-electron chi connectivity index (χ1n) is 5.95. The zero-order valence-electron chi connectivity index (χ0n) is 10.7. The summed E-state index contributed by atoms with van der Waals surface area (Å²) in [5.41, 5.74) is 5.11. The predicted molar refractivity (Wildman–Crippen MR) is 67.2 cm³/mol. The zero-order chi connectivity index (χ0) is 15.6. The minimum atomic E-state index is -1.39. The molecule has 1 saturated heterocycles. The maximum absolute atomic E-state index is 12.0. The van der Waals surface area contributed by atoms with Crippen molar-refractivity contribution in [1.29, 1.82) is 0 Å². The quantitative estimate of drug-likeness (QED) is 0.333. The molecule has 11 heteroatoms. The lowest BCUT2D eigenvalue weighted by molar-refractivity contribution is -0.130. The fourth-order valence-electron chi connectivity index (χ4n) is 2.16. The Labute approximate surface area is 116 Å². The van der Waals surface area contributed by atoms with Crippen LogP contribution in [0.5, 0.6) is 0 Å². The van der Waals surface area contributed by atoms with Gasteiger partial charge in [-0.1, -0.05) is 4.68 Å². The SMILES string of the molecule is [N-]=[N+]=Nn1c(=O)ccn([C@@H]2OC(CO)(CO)C[C@H]2O)c1=O. The predicted octanol–water partition coefficient (Wildman–Crippen LogP) is -1.91. The van der Waals surface area contributed by atoms with Gasteiger partial charge in [0.15, 0.2) is 6.23 Å². The molecule has 21 heavy (non-hydrogen) atoms. The number of hydrogen-bond donors (Lipinski definition) is 3. The van der Waals surface area contributed by atoms with E-state index in [-0.39, 0.29) is 11.1 Å². The van der Waals surface area contributed by atoms with Crippen molar-refractivity contribution in [3.8, 4) is 0 Å². The van der Waals surface area contributed by atoms with Gasteiger partial charge in [-0.15, -0.1) is 5.53 Å². The molecule has 0 aromatic carbocycles. The molecule has 3 N–H and O–H groups in total. The first-order valence-corrected chi connectivity index (χ1v) is 5.95. The molecule has 2 atom stereocenters. The second-order valence-corrected chi connectivity index (χ2v) is 4.61. The van der Waals surface area contributed by atoms with E-state index in [0.29, 0.717) is 0 Å². The summed E-state index contributed by atoms with van der Waals surface area (Å²) in [4.78, 5) is 25.8. The van der Waals surface area contributed by atoms with E-state index in [1.807, 2.05) is 0 Å². The second kappa shape index (κ2) is 5.68. The maximum Gasteiger partial charge on any atom is 0.428 e. The number of aliphatic hydroxyl groups is 3. The molecular formula is C10H13N5O6. The average Bonchev–Trinajstić information content (AvgIpc) is 2.81. The van der Waals surface area contributed by atoms with Crippen molar-refractivity contribution in [2.45, 2.75) is 24.4 Å². The van der Waals surface area contributed by atoms with Crippen LogP contribution in [-0.2, 0) is 4.74 Å². The van der Waals surface area contributed by atoms with Gasteiger partial charge in [-0.25, -0.2) is 9.59 Å². The molecule has 11 nitrogen and oxygen atoms in total. The molecule has 0 aliphatic carbocycles. The Hall–Kier alpha value is -2.17. The Morgan fingerprint density at radius 1 is 1.48 bits per heavy atom. The van der Waals surface area contributed by atoms with Crippen LogP contribution in [0.1, 0.15) is 12.6 Å². The van der Waals surface area contributed by atoms with Crippen LogP contribution < -0.4 is 11.2 Å². The summed E-state index contributed by atoms with van der Waals surface area (Å²) in [5.74, 6) is 0. The molecule has 0 spiro atoms. The smallest absolute Gasteiger partial charge is 0.393 e. The molecule has 2 rings (SSSR count). The van der Waals surface area contributed by atoms with Gasteiger partial charge in [-0.2, -0.15) is 4.91 Å². The number of aliphatic hydroxyl groups excluding tert-OH is 3. The van der Waals surface area contributed by atoms with Crippen molar-refractivity contribution in [3.05, 3.63) is 43.5 Å². The first-order chi connectivity index (χ1) is 9.98. The van der Waals surface area contributed by atoms with Crippen LogP contribution in [0.3, 0.4) is 0 Å². The van der Waals surface area contributed by atoms with E-state index >= 15 is 0 Å². The molecular weight excluding hydrogens is 286 g/mol. The molecule has 1 aliphatic heterocycles. The summed E-state index contributed by atoms with van der Waals surface area (Å²) in [6.45, 7) is -1.11. The van der Waals surface area contributed by atoms with E-state index in [1.54, 1.807) is 0 Å². The zero-order valence-corrected chi connectivity index (χ0v) is 10.7. The fraction of sp³-hybridized carbons (Fsp3) is 0.600. The van der Waals surface area contributed by atoms with E-state index in [1.165, 1.54) is 0 Å². The molecule has 1 aromatic rings. The van der Waals surface area contributed by atoms with Gasteiger partial charge in [-0.3, -0.25) is 4.57 Å². The topological polar surface area (TPSA) is 163 Å². The highest BCUT2D eigenvalue weighted by Crippen LogP contribution is 2.35. The van der Waals surface area contributed by atoms with Crippen LogP contribution in [-0.4, -0.2) is 49.5 Å². The van der Waals surface area contributed by atoms with Gasteiger partial charge in [0, 0.05) is 18.7 Å². The molecule has 0 radical (unpaired) electrons. The first kappa shape index (κ1) is 15.2. The number of azide groups is 1. The van der Waals surface area contributed by atoms with Crippen LogP contribution >= 0.6 is 0 Å². The average molecular weight is 299 g/mol. The lowest BCUT2D eigenvalue weighted by atomic mass is 10.0. The lowest BCUT2D eigenvalue weighted by Crippen LogP contribution is -2.41. The van der Waals surface area contributed by atoms with E-state index in [2.05, 4.69) is 10.1 Å². The molecule has 1 aliphatic rings. The number of hydrogen-bond acceptors (Lipinski definition) is 7. The van der Waals surface area contributed by atoms with Crippen molar-refractivity contribution < 1.29 is 20.1 Å². The summed E-state index contributed by atoms with van der Waals surface area (Å²) in [6, 6.07) is 0.962. The van der Waals surface area contributed by atoms with E-state index in [4.69, 9.17) is 10.3 Å². The lowest BCUT2D eigenvalue weighted by Gasteiger charge is -2.24. The highest BCUT2D eigenvalue weighted by molar-refractivity contribution is 4.96. The minimum Gasteiger partial charge on any atom is -0.393 e. The molecule has 0 unspecified atom stereocenters. The Kier molecular flexibility index (Phi) is 4.11. The van der Waals surface area contributed by atoms with Gasteiger partial charge >= 0.3 is 11.2 Å². The third-order valence-electron chi connectivity index (χ3n) is 3.25. The van der Waals surface area contributed by atoms with Gasteiger partial charge in [-0.05, 0) is 5.22 Å². The van der Waals surface area contributed by atoms with Gasteiger partial charge in [0.05, 0.1) is 13.2 Å². The van der Waals surface area contributed by atoms with Gasteiger partial charge < -0.3 is 20.1 Å². The normalized spacial score (nSPS) is 23.8. The molecule has 0 saturated carbocycles. The van der Waals surface area contributed by atoms with Crippen LogP contribution in [0, 0.1) is 0 Å². The maximum atomic E-state index is 12.0. The molecule has 0 bridgehead atoms. The van der Waals surface area contributed by atoms with Crippen LogP contribution in [0.25, 0.3) is 10.4 Å². The summed E-state index contributed by atoms with van der Waals surface area (Å²) >= 11 is 0. The highest BCUT2D eigenvalue weighted by Gasteiger charge is 2.47. The van der Waals surface area contributed by atoms with Crippen LogP contribution in [0.4, 0.5) is 0 Å². The van der Waals surface area contributed by atoms with Crippen molar-refractivity contribution >= 4 is 0 Å². The summed E-state index contributed by atoms with van der Waals surface area (Å²) < 4.78 is 6.49. The molecule has 0 amide bonds. The van der Waals surface area contributed by atoms with Crippen molar-refractivity contribution in [2.75, 3.05) is 13.2 Å². The Morgan fingerprint density at radius 2 is 2.14 bits per heavy atom. The minimum absolute atomic E-state index is 0.0995. The summed E-state index contributed by atoms with van der Waals surface area (Å²) in [5, 5.41) is 31.4. The fourth-order valence-corrected chi connectivity index (χ4v) is 2.16. The summed E-state index contributed by atoms with van der Waals surface area (Å²) in [7, 11) is 0. The Balaban J connectivity index is 2.49. The third-order valence-corrected chi connectivity index (χ3v) is 3.25. The second-order valence-electron chi connectivity index (χ2n) is 4.61. The standard InChI is InChI=1S/C10H13N5O6/c11-12-13-15-7(19)1-2-14(9(15)20)8-6(18)3-10(4-16,5-17)21-8/h1-2,6,8,16-18H,3-5H2/t6-,8-/m1/s1. The van der Waals surface area contributed by atoms with Crippen molar-refractivity contribution in [2.24, 2.45) is 5.22 Å². The monoisotopic (exact) mass is 299 g/mol. The largest absolute Gasteiger partial charge is 0.428 e. The number of aromatic nitrogens is 2. The van der Waals surface area contributed by atoms with Crippen LogP contribution in [0.2, 0.25) is 0 Å².